The Balaban J connectivity index is 1.70. The maximum Gasteiger partial charge on any atom is 0.350 e. The quantitative estimate of drug-likeness (QED) is 0.335. The Hall–Kier alpha value is -3.21. The number of aromatic nitrogens is 2. The van der Waals surface area contributed by atoms with Crippen molar-refractivity contribution in [3.8, 4) is 11.1 Å². The lowest BCUT2D eigenvalue weighted by atomic mass is 9.97. The second-order valence-electron chi connectivity index (χ2n) is 10.2. The van der Waals surface area contributed by atoms with E-state index in [1.807, 2.05) is 25.7 Å². The Morgan fingerprint density at radius 2 is 1.90 bits per heavy atom. The van der Waals surface area contributed by atoms with Gasteiger partial charge in [-0.25, -0.2) is 9.18 Å². The molecule has 2 aromatic carbocycles. The van der Waals surface area contributed by atoms with Crippen LogP contribution in [0.1, 0.15) is 19.4 Å². The van der Waals surface area contributed by atoms with Gasteiger partial charge in [-0.15, -0.1) is 11.8 Å². The van der Waals surface area contributed by atoms with Gasteiger partial charge in [0.2, 0.25) is 5.91 Å². The summed E-state index contributed by atoms with van der Waals surface area (Å²) in [6.45, 7) is 11.2. The first-order valence-corrected chi connectivity index (χ1v) is 14.0. The molecule has 0 aliphatic carbocycles. The summed E-state index contributed by atoms with van der Waals surface area (Å²) in [5, 5.41) is 0.871. The molecule has 0 saturated carbocycles. The van der Waals surface area contributed by atoms with Gasteiger partial charge in [0.1, 0.15) is 18.4 Å². The fourth-order valence-corrected chi connectivity index (χ4v) is 7.12. The van der Waals surface area contributed by atoms with Crippen LogP contribution in [-0.4, -0.2) is 71.3 Å². The van der Waals surface area contributed by atoms with Crippen LogP contribution in [0, 0.1) is 12.7 Å². The SMILES string of the molecule is C=CC(=O)N1[C@H](C)CN(c2nc(=O)n3c4c(c(-c5ccc(F)cc5)c(C)cc24)SCC(OCOC)C3)C[C@@H]1C. The van der Waals surface area contributed by atoms with Crippen molar-refractivity contribution >= 4 is 34.4 Å². The van der Waals surface area contributed by atoms with Gasteiger partial charge in [-0.05, 0) is 56.2 Å². The van der Waals surface area contributed by atoms with E-state index in [9.17, 15) is 14.0 Å². The van der Waals surface area contributed by atoms with Crippen LogP contribution in [0.15, 0.2) is 52.7 Å². The van der Waals surface area contributed by atoms with Gasteiger partial charge >= 0.3 is 5.69 Å². The Kier molecular flexibility index (Phi) is 7.80. The fraction of sp³-hybridized carbons (Fsp3) is 0.414. The van der Waals surface area contributed by atoms with Gasteiger partial charge in [-0.1, -0.05) is 18.7 Å². The molecule has 206 valence electrons. The summed E-state index contributed by atoms with van der Waals surface area (Å²) in [5.41, 5.74) is 3.29. The summed E-state index contributed by atoms with van der Waals surface area (Å²) >= 11 is 1.63. The predicted octanol–water partition coefficient (Wildman–Crippen LogP) is 4.22. The Labute approximate surface area is 231 Å². The number of thioether (sulfide) groups is 1. The van der Waals surface area contributed by atoms with Gasteiger partial charge in [0.25, 0.3) is 0 Å². The average molecular weight is 553 g/mol. The number of carbonyl (C=O) groups is 1. The van der Waals surface area contributed by atoms with Crippen LogP contribution in [0.2, 0.25) is 0 Å². The second kappa shape index (κ2) is 11.1. The predicted molar refractivity (Wildman–Crippen MR) is 152 cm³/mol. The standard InChI is InChI=1S/C29H33FN4O4S/c1-6-24(35)34-18(3)12-32(13-19(34)4)28-23-11-17(2)25(20-7-9-21(30)10-8-20)27-26(23)33(29(36)31-28)14-22(15-39-27)38-16-37-5/h6-11,18-19,22H,1,12-16H2,2-5H3/t18-,19+,22?. The van der Waals surface area contributed by atoms with E-state index in [2.05, 4.69) is 22.5 Å². The summed E-state index contributed by atoms with van der Waals surface area (Å²) < 4.78 is 26.5. The van der Waals surface area contributed by atoms with Gasteiger partial charge in [0.05, 0.1) is 18.2 Å². The van der Waals surface area contributed by atoms with Crippen molar-refractivity contribution in [3.05, 3.63) is 64.9 Å². The lowest BCUT2D eigenvalue weighted by Gasteiger charge is -2.44. The average Bonchev–Trinajstić information content (AvgIpc) is 3.10. The maximum absolute atomic E-state index is 13.8. The third-order valence-corrected chi connectivity index (χ3v) is 8.62. The normalized spacial score (nSPS) is 21.2. The van der Waals surface area contributed by atoms with Crippen molar-refractivity contribution in [2.75, 3.05) is 37.6 Å². The molecule has 3 aromatic rings. The Morgan fingerprint density at radius 1 is 1.21 bits per heavy atom. The molecule has 3 atom stereocenters. The van der Waals surface area contributed by atoms with Crippen molar-refractivity contribution in [3.63, 3.8) is 0 Å². The first kappa shape index (κ1) is 27.4. The van der Waals surface area contributed by atoms with E-state index in [4.69, 9.17) is 9.47 Å². The number of halogens is 1. The van der Waals surface area contributed by atoms with Crippen LogP contribution in [-0.2, 0) is 20.8 Å². The van der Waals surface area contributed by atoms with Crippen LogP contribution >= 0.6 is 11.8 Å². The molecule has 1 aromatic heterocycles. The molecule has 0 radical (unpaired) electrons. The molecule has 0 bridgehead atoms. The van der Waals surface area contributed by atoms with Crippen molar-refractivity contribution in [1.29, 1.82) is 0 Å². The van der Waals surface area contributed by atoms with E-state index in [0.29, 0.717) is 31.2 Å². The smallest absolute Gasteiger partial charge is 0.350 e. The lowest BCUT2D eigenvalue weighted by Crippen LogP contribution is -2.58. The molecule has 1 unspecified atom stereocenters. The summed E-state index contributed by atoms with van der Waals surface area (Å²) in [7, 11) is 1.57. The van der Waals surface area contributed by atoms with E-state index in [1.165, 1.54) is 18.2 Å². The molecule has 8 nitrogen and oxygen atoms in total. The highest BCUT2D eigenvalue weighted by Gasteiger charge is 2.34. The molecule has 1 saturated heterocycles. The minimum Gasteiger partial charge on any atom is -0.359 e. The van der Waals surface area contributed by atoms with Crippen LogP contribution in [0.3, 0.4) is 0 Å². The molecular formula is C29H33FN4O4S. The molecule has 10 heteroatoms. The minimum atomic E-state index is -0.355. The third-order valence-electron chi connectivity index (χ3n) is 7.40. The van der Waals surface area contributed by atoms with E-state index in [0.717, 1.165) is 32.5 Å². The number of benzene rings is 2. The van der Waals surface area contributed by atoms with Gasteiger partial charge in [-0.3, -0.25) is 9.36 Å². The number of carbonyl (C=O) groups excluding carboxylic acids is 1. The number of hydrogen-bond acceptors (Lipinski definition) is 7. The van der Waals surface area contributed by atoms with Crippen molar-refractivity contribution in [2.45, 2.75) is 50.4 Å². The molecule has 2 aliphatic rings. The fourth-order valence-electron chi connectivity index (χ4n) is 5.78. The van der Waals surface area contributed by atoms with Crippen LogP contribution < -0.4 is 10.6 Å². The number of aryl methyl sites for hydroxylation is 1. The Morgan fingerprint density at radius 3 is 2.54 bits per heavy atom. The zero-order valence-corrected chi connectivity index (χ0v) is 23.5. The van der Waals surface area contributed by atoms with Gasteiger partial charge in [0, 0.05) is 53.9 Å². The van der Waals surface area contributed by atoms with Crippen molar-refractivity contribution in [1.82, 2.24) is 14.5 Å². The molecule has 0 N–H and O–H groups in total. The van der Waals surface area contributed by atoms with Crippen LogP contribution in [0.25, 0.3) is 22.0 Å². The number of rotatable bonds is 6. The third kappa shape index (κ3) is 5.08. The van der Waals surface area contributed by atoms with Gasteiger partial charge < -0.3 is 19.3 Å². The number of nitrogens with zero attached hydrogens (tertiary/aromatic N) is 4. The maximum atomic E-state index is 13.8. The van der Waals surface area contributed by atoms with Crippen LogP contribution in [0.5, 0.6) is 0 Å². The number of anilines is 1. The van der Waals surface area contributed by atoms with Crippen molar-refractivity contribution in [2.24, 2.45) is 0 Å². The first-order valence-electron chi connectivity index (χ1n) is 13.0. The van der Waals surface area contributed by atoms with E-state index in [1.54, 1.807) is 35.6 Å². The van der Waals surface area contributed by atoms with E-state index in [-0.39, 0.29) is 42.4 Å². The zero-order chi connectivity index (χ0) is 27.8. The van der Waals surface area contributed by atoms with Gasteiger partial charge in [-0.2, -0.15) is 4.98 Å². The Bertz CT molecular complexity index is 1460. The van der Waals surface area contributed by atoms with E-state index >= 15 is 0 Å². The molecule has 0 spiro atoms. The molecule has 1 fully saturated rings. The lowest BCUT2D eigenvalue weighted by molar-refractivity contribution is -0.130. The number of methoxy groups -OCH3 is 1. The number of piperazine rings is 1. The highest BCUT2D eigenvalue weighted by molar-refractivity contribution is 7.99. The molecule has 1 amide bonds. The highest BCUT2D eigenvalue weighted by Crippen LogP contribution is 2.43. The second-order valence-corrected chi connectivity index (χ2v) is 11.2. The number of hydrogen-bond donors (Lipinski definition) is 0. The van der Waals surface area contributed by atoms with Crippen molar-refractivity contribution < 1.29 is 18.7 Å². The van der Waals surface area contributed by atoms with E-state index < -0.39 is 0 Å². The topological polar surface area (TPSA) is 76.9 Å². The van der Waals surface area contributed by atoms with Gasteiger partial charge in [0.15, 0.2) is 0 Å². The number of amides is 1. The molecule has 2 aliphatic heterocycles. The molecule has 5 rings (SSSR count). The highest BCUT2D eigenvalue weighted by atomic mass is 32.2. The molecule has 3 heterocycles. The first-order chi connectivity index (χ1) is 18.7. The summed E-state index contributed by atoms with van der Waals surface area (Å²) in [4.78, 5) is 35.6. The zero-order valence-electron chi connectivity index (χ0n) is 22.6. The number of ether oxygens (including phenoxy) is 2. The summed E-state index contributed by atoms with van der Waals surface area (Å²) in [5.74, 6) is 0.824. The van der Waals surface area contributed by atoms with Crippen LogP contribution in [0.4, 0.5) is 10.2 Å². The minimum absolute atomic E-state index is 0.0885. The molecular weight excluding hydrogens is 519 g/mol. The summed E-state index contributed by atoms with van der Waals surface area (Å²) in [6.07, 6.45) is 1.09. The monoisotopic (exact) mass is 552 g/mol. The summed E-state index contributed by atoms with van der Waals surface area (Å²) in [6, 6.07) is 8.35. The largest absolute Gasteiger partial charge is 0.359 e. The molecule has 39 heavy (non-hydrogen) atoms.